The van der Waals surface area contributed by atoms with Crippen LogP contribution in [0.25, 0.3) is 0 Å². The zero-order valence-corrected chi connectivity index (χ0v) is 16.1. The molecular formula is C19H32N2O3. The molecule has 0 bridgehead atoms. The van der Waals surface area contributed by atoms with Gasteiger partial charge in [-0.2, -0.15) is 0 Å². The highest BCUT2D eigenvalue weighted by Crippen LogP contribution is 2.18. The van der Waals surface area contributed by atoms with E-state index in [2.05, 4.69) is 11.4 Å². The van der Waals surface area contributed by atoms with Crippen LogP contribution in [0.15, 0.2) is 24.3 Å². The number of nitrogens with one attached hydrogen (secondary N) is 1. The minimum Gasteiger partial charge on any atom is -0.444 e. The van der Waals surface area contributed by atoms with Crippen LogP contribution in [0.1, 0.15) is 47.1 Å². The molecule has 0 radical (unpaired) electrons. The first-order valence-corrected chi connectivity index (χ1v) is 8.35. The maximum Gasteiger partial charge on any atom is 0.410 e. The Morgan fingerprint density at radius 3 is 2.38 bits per heavy atom. The first kappa shape index (κ1) is 20.3. The number of carbonyl (C=O) groups is 1. The van der Waals surface area contributed by atoms with Crippen LogP contribution in [0.5, 0.6) is 0 Å². The predicted octanol–water partition coefficient (Wildman–Crippen LogP) is 4.28. The second-order valence-electron chi connectivity index (χ2n) is 7.86. The zero-order valence-electron chi connectivity index (χ0n) is 16.1. The molecule has 0 aromatic heterocycles. The van der Waals surface area contributed by atoms with Crippen LogP contribution >= 0.6 is 0 Å². The third-order valence-electron chi connectivity index (χ3n) is 3.33. The van der Waals surface area contributed by atoms with Crippen molar-refractivity contribution < 1.29 is 14.3 Å². The van der Waals surface area contributed by atoms with Gasteiger partial charge >= 0.3 is 6.09 Å². The lowest BCUT2D eigenvalue weighted by molar-refractivity contribution is 0.00749. The molecular weight excluding hydrogens is 304 g/mol. The summed E-state index contributed by atoms with van der Waals surface area (Å²) in [6.07, 6.45) is -0.287. The molecule has 0 unspecified atom stereocenters. The van der Waals surface area contributed by atoms with E-state index in [-0.39, 0.29) is 11.6 Å². The maximum atomic E-state index is 12.4. The molecule has 0 atom stereocenters. The van der Waals surface area contributed by atoms with Gasteiger partial charge in [-0.3, -0.25) is 0 Å². The number of amides is 1. The molecule has 1 rings (SSSR count). The Hall–Kier alpha value is -1.75. The number of hydrogen-bond donors (Lipinski definition) is 1. The van der Waals surface area contributed by atoms with Crippen molar-refractivity contribution in [2.75, 3.05) is 25.5 Å². The molecule has 136 valence electrons. The SMILES string of the molecule is COCc1cccc(NCCN(C(=O)OC(C)(C)C)C(C)(C)C)c1. The quantitative estimate of drug-likeness (QED) is 0.842. The number of nitrogens with zero attached hydrogens (tertiary/aromatic N) is 1. The van der Waals surface area contributed by atoms with Gasteiger partial charge in [0.2, 0.25) is 0 Å². The monoisotopic (exact) mass is 336 g/mol. The van der Waals surface area contributed by atoms with Crippen molar-refractivity contribution in [3.63, 3.8) is 0 Å². The average molecular weight is 336 g/mol. The van der Waals surface area contributed by atoms with Crippen molar-refractivity contribution in [3.8, 4) is 0 Å². The maximum absolute atomic E-state index is 12.4. The molecule has 0 aliphatic carbocycles. The Kier molecular flexibility index (Phi) is 7.08. The molecule has 24 heavy (non-hydrogen) atoms. The minimum absolute atomic E-state index is 0.287. The van der Waals surface area contributed by atoms with Crippen molar-refractivity contribution in [2.24, 2.45) is 0 Å². The molecule has 1 aromatic rings. The molecule has 1 amide bonds. The van der Waals surface area contributed by atoms with Crippen molar-refractivity contribution in [3.05, 3.63) is 29.8 Å². The normalized spacial score (nSPS) is 12.0. The molecule has 0 spiro atoms. The first-order valence-electron chi connectivity index (χ1n) is 8.35. The molecule has 5 heteroatoms. The van der Waals surface area contributed by atoms with Crippen LogP contribution in [0.2, 0.25) is 0 Å². The Morgan fingerprint density at radius 2 is 1.83 bits per heavy atom. The van der Waals surface area contributed by atoms with Gasteiger partial charge < -0.3 is 19.7 Å². The predicted molar refractivity (Wildman–Crippen MR) is 98.3 cm³/mol. The average Bonchev–Trinajstić information content (AvgIpc) is 2.41. The van der Waals surface area contributed by atoms with Crippen molar-refractivity contribution in [1.82, 2.24) is 4.90 Å². The van der Waals surface area contributed by atoms with E-state index in [1.54, 1.807) is 12.0 Å². The second kappa shape index (κ2) is 8.38. The molecule has 1 N–H and O–H groups in total. The van der Waals surface area contributed by atoms with Crippen LogP contribution in [0, 0.1) is 0 Å². The molecule has 5 nitrogen and oxygen atoms in total. The lowest BCUT2D eigenvalue weighted by atomic mass is 10.1. The third kappa shape index (κ3) is 7.21. The van der Waals surface area contributed by atoms with Gasteiger partial charge in [0, 0.05) is 31.4 Å². The number of rotatable bonds is 6. The van der Waals surface area contributed by atoms with E-state index in [1.807, 2.05) is 59.7 Å². The fourth-order valence-electron chi connectivity index (χ4n) is 2.27. The van der Waals surface area contributed by atoms with Gasteiger partial charge in [0.05, 0.1) is 6.61 Å². The molecule has 1 aromatic carbocycles. The van der Waals surface area contributed by atoms with Gasteiger partial charge in [-0.1, -0.05) is 12.1 Å². The van der Waals surface area contributed by atoms with Crippen LogP contribution in [-0.4, -0.2) is 42.3 Å². The summed E-state index contributed by atoms with van der Waals surface area (Å²) in [6.45, 7) is 13.5. The lowest BCUT2D eigenvalue weighted by Crippen LogP contribution is -2.49. The van der Waals surface area contributed by atoms with Gasteiger partial charge in [0.25, 0.3) is 0 Å². The molecule has 0 aliphatic rings. The van der Waals surface area contributed by atoms with Crippen LogP contribution in [0.4, 0.5) is 10.5 Å². The van der Waals surface area contributed by atoms with Crippen LogP contribution in [-0.2, 0) is 16.1 Å². The Balaban J connectivity index is 2.66. The number of ether oxygens (including phenoxy) is 2. The van der Waals surface area contributed by atoms with Crippen molar-refractivity contribution >= 4 is 11.8 Å². The van der Waals surface area contributed by atoms with E-state index in [9.17, 15) is 4.79 Å². The summed E-state index contributed by atoms with van der Waals surface area (Å²) in [5.41, 5.74) is 1.33. The van der Waals surface area contributed by atoms with Gasteiger partial charge in [-0.25, -0.2) is 4.79 Å². The van der Waals surface area contributed by atoms with Crippen molar-refractivity contribution in [2.45, 2.75) is 59.3 Å². The summed E-state index contributed by atoms with van der Waals surface area (Å²) in [5, 5.41) is 3.36. The minimum atomic E-state index is -0.498. The molecule has 0 fully saturated rings. The number of hydrogen-bond acceptors (Lipinski definition) is 4. The number of benzene rings is 1. The Bertz CT molecular complexity index is 530. The Labute approximate surface area is 146 Å². The summed E-state index contributed by atoms with van der Waals surface area (Å²) in [5.74, 6) is 0. The Morgan fingerprint density at radius 1 is 1.17 bits per heavy atom. The summed E-state index contributed by atoms with van der Waals surface area (Å²) < 4.78 is 10.7. The van der Waals surface area contributed by atoms with E-state index in [0.29, 0.717) is 19.7 Å². The van der Waals surface area contributed by atoms with E-state index in [1.165, 1.54) is 0 Å². The van der Waals surface area contributed by atoms with Crippen LogP contribution < -0.4 is 5.32 Å². The van der Waals surface area contributed by atoms with Gasteiger partial charge in [-0.15, -0.1) is 0 Å². The van der Waals surface area contributed by atoms with E-state index in [4.69, 9.17) is 9.47 Å². The van der Waals surface area contributed by atoms with Gasteiger partial charge in [0.1, 0.15) is 5.60 Å². The van der Waals surface area contributed by atoms with Gasteiger partial charge in [0.15, 0.2) is 0 Å². The fraction of sp³-hybridized carbons (Fsp3) is 0.632. The highest BCUT2D eigenvalue weighted by Gasteiger charge is 2.30. The van der Waals surface area contributed by atoms with E-state index in [0.717, 1.165) is 11.3 Å². The van der Waals surface area contributed by atoms with Crippen molar-refractivity contribution in [1.29, 1.82) is 0 Å². The largest absolute Gasteiger partial charge is 0.444 e. The number of methoxy groups -OCH3 is 1. The molecule has 0 saturated heterocycles. The summed E-state index contributed by atoms with van der Waals surface area (Å²) in [4.78, 5) is 14.2. The third-order valence-corrected chi connectivity index (χ3v) is 3.33. The van der Waals surface area contributed by atoms with Crippen LogP contribution in [0.3, 0.4) is 0 Å². The molecule has 0 saturated carbocycles. The molecule has 0 aliphatic heterocycles. The highest BCUT2D eigenvalue weighted by atomic mass is 16.6. The second-order valence-corrected chi connectivity index (χ2v) is 7.86. The fourth-order valence-corrected chi connectivity index (χ4v) is 2.27. The zero-order chi connectivity index (χ0) is 18.4. The topological polar surface area (TPSA) is 50.8 Å². The smallest absolute Gasteiger partial charge is 0.410 e. The van der Waals surface area contributed by atoms with E-state index >= 15 is 0 Å². The highest BCUT2D eigenvalue weighted by molar-refractivity contribution is 5.69. The van der Waals surface area contributed by atoms with Gasteiger partial charge in [-0.05, 0) is 59.2 Å². The summed E-state index contributed by atoms with van der Waals surface area (Å²) >= 11 is 0. The number of anilines is 1. The first-order chi connectivity index (χ1) is 11.0. The standard InChI is InChI=1S/C19H32N2O3/c1-18(2,3)21(17(22)24-19(4,5)6)12-11-20-16-10-8-9-15(13-16)14-23-7/h8-10,13,20H,11-12,14H2,1-7H3. The molecule has 0 heterocycles. The summed E-state index contributed by atoms with van der Waals surface area (Å²) in [6, 6.07) is 8.08. The summed E-state index contributed by atoms with van der Waals surface area (Å²) in [7, 11) is 1.68. The number of carbonyl (C=O) groups excluding carboxylic acids is 1. The van der Waals surface area contributed by atoms with E-state index < -0.39 is 5.60 Å². The lowest BCUT2D eigenvalue weighted by Gasteiger charge is -2.37.